The third-order valence-corrected chi connectivity index (χ3v) is 30.1. The molecular weight excluding hydrogens is 1910 g/mol. The Kier molecular flexibility index (Phi) is 46.2. The molecule has 56 heteroatoms. The molecule has 30 aliphatic heterocycles. The molecule has 30 fully saturated rings. The molecule has 0 aromatic rings. The topological polar surface area (TPSA) is 759 Å². The molecule has 0 spiro atoms. The minimum atomic E-state index is -2.32. The van der Waals surface area contributed by atoms with Crippen molar-refractivity contribution in [2.24, 2.45) is 0 Å². The Balaban J connectivity index is 1.12. The normalized spacial score (nSPS) is 41.0. The van der Waals surface area contributed by atoms with Crippen molar-refractivity contribution in [1.82, 2.24) is 0 Å². The largest absolute Gasteiger partial charge is 0.481 e. The molecule has 0 aromatic carbocycles. The van der Waals surface area contributed by atoms with Gasteiger partial charge in [-0.05, 0) is 6.92 Å². The molecule has 30 rings (SSSR count). The monoisotopic (exact) mass is 2030 g/mol. The Bertz CT molecular complexity index is 3250. The Morgan fingerprint density at radius 3 is 0.438 bits per heavy atom. The van der Waals surface area contributed by atoms with Crippen LogP contribution in [0.4, 0.5) is 0 Å². The lowest BCUT2D eigenvalue weighted by atomic mass is 9.95. The van der Waals surface area contributed by atoms with Crippen molar-refractivity contribution < 1.29 is 236 Å². The predicted molar refractivity (Wildman–Crippen MR) is 450 cm³/mol. The van der Waals surface area contributed by atoms with Crippen molar-refractivity contribution in [2.75, 3.05) is 98.7 Å². The van der Waals surface area contributed by atoms with Gasteiger partial charge in [0.25, 0.3) is 0 Å². The van der Waals surface area contributed by atoms with Crippen LogP contribution in [0, 0.1) is 0 Å². The van der Waals surface area contributed by atoms with E-state index in [0.717, 1.165) is 94.1 Å². The van der Waals surface area contributed by atoms with Gasteiger partial charge < -0.3 is 198 Å². The third kappa shape index (κ3) is 31.4. The summed E-state index contributed by atoms with van der Waals surface area (Å²) in [4.78, 5) is 95.3. The lowest BCUT2D eigenvalue weighted by Crippen LogP contribution is -2.69. The van der Waals surface area contributed by atoms with E-state index in [9.17, 15) is 156 Å². The number of carboxylic acids is 7. The van der Waals surface area contributed by atoms with E-state index in [1.165, 1.54) is 0 Å². The number of aliphatic carboxylic acids is 7. The Hall–Kier alpha value is -2.72. The van der Waals surface area contributed by atoms with E-state index in [4.69, 9.17) is 80.5 Å². The van der Waals surface area contributed by atoms with Crippen LogP contribution in [0.25, 0.3) is 0 Å². The van der Waals surface area contributed by atoms with E-state index in [1.807, 2.05) is 0 Å². The van der Waals surface area contributed by atoms with Crippen molar-refractivity contribution in [3.63, 3.8) is 0 Å². The van der Waals surface area contributed by atoms with Gasteiger partial charge in [-0.25, -0.2) is 0 Å². The number of carbonyl (C=O) groups excluding carboxylic acids is 1. The first-order valence-electron chi connectivity index (χ1n) is 41.5. The SMILES string of the molecule is CCOC(=O)CCSC[C@H]1O[C@@H]2O[C@H]3[C@H](O)[C@@H](O)[C@@H](O[C@H]4[C@H](O)[C@@H](O)[C@@H](O[C@H]5[C@H](O)[C@@H](O)[C@@H](O[C@H]6[C@H](O)[C@@H](O)[C@@H](O[C@H]7[C@H](O)[C@@H](O)[C@@H](O[C@H]8[C@H](O)[C@@H](O)[C@@H](O[C@H]9[C@H](O)[C@@H](O)[C@@H](O[C@H]1[C@H](O)[C@H]2O)O[C@@H]9CSCCC(=O)O)O[C@@H]8CSCCC(=O)O)O[C@@H]7CSCCC(=O)O)O[C@@H]6CSCCC(=O)O)O[C@@H]5CSCCC(=O)O)O[C@@H]4CSCCC(=O)O)O[C@@H]3CSCCC(=O)O. The zero-order valence-electron chi connectivity index (χ0n) is 69.5. The molecule has 0 aliphatic carbocycles. The fourth-order valence-electron chi connectivity index (χ4n) is 14.9. The van der Waals surface area contributed by atoms with Gasteiger partial charge in [0.15, 0.2) is 50.3 Å². The van der Waals surface area contributed by atoms with Crippen LogP contribution in [0.1, 0.15) is 58.3 Å². The maximum Gasteiger partial charge on any atom is 0.306 e. The number of aliphatic hydroxyl groups excluding tert-OH is 16. The number of ether oxygens (including phenoxy) is 17. The third-order valence-electron chi connectivity index (χ3n) is 21.7. The average molecular weight is 2030 g/mol. The molecule has 748 valence electrons. The molecule has 30 saturated heterocycles. The molecule has 23 N–H and O–H groups in total. The molecule has 48 nitrogen and oxygen atoms in total. The van der Waals surface area contributed by atoms with Crippen molar-refractivity contribution in [2.45, 2.75) is 304 Å². The molecule has 0 saturated carbocycles. The summed E-state index contributed by atoms with van der Waals surface area (Å²) < 4.78 is 106. The maximum atomic E-state index is 12.6. The van der Waals surface area contributed by atoms with Gasteiger partial charge in [0.1, 0.15) is 146 Å². The fourth-order valence-corrected chi connectivity index (χ4v) is 22.8. The smallest absolute Gasteiger partial charge is 0.306 e. The van der Waals surface area contributed by atoms with Crippen molar-refractivity contribution >= 4 is 142 Å². The van der Waals surface area contributed by atoms with Crippen molar-refractivity contribution in [3.8, 4) is 0 Å². The van der Waals surface area contributed by atoms with Gasteiger partial charge in [0, 0.05) is 92.0 Å². The molecule has 0 radical (unpaired) electrons. The minimum Gasteiger partial charge on any atom is -0.481 e. The van der Waals surface area contributed by atoms with E-state index in [-0.39, 0.29) is 105 Å². The highest BCUT2D eigenvalue weighted by Gasteiger charge is 2.61. The highest BCUT2D eigenvalue weighted by Crippen LogP contribution is 2.43. The van der Waals surface area contributed by atoms with Crippen LogP contribution >= 0.6 is 94.1 Å². The van der Waals surface area contributed by atoms with Gasteiger partial charge in [0.05, 0.1) is 107 Å². The van der Waals surface area contributed by atoms with Crippen LogP contribution < -0.4 is 0 Å². The molecule has 0 unspecified atom stereocenters. The Labute approximate surface area is 776 Å². The van der Waals surface area contributed by atoms with Gasteiger partial charge in [-0.1, -0.05) is 0 Å². The summed E-state index contributed by atoms with van der Waals surface area (Å²) in [5.74, 6) is -13.4. The highest BCUT2D eigenvalue weighted by molar-refractivity contribution is 8.00. The fraction of sp³-hybridized carbons (Fsp3) is 0.892. The molecule has 0 aromatic heterocycles. The number of rotatable bonds is 41. The van der Waals surface area contributed by atoms with E-state index >= 15 is 0 Å². The van der Waals surface area contributed by atoms with E-state index < -0.39 is 338 Å². The standard InChI is InChI=1S/C74H116O48S8/c1-2-106-42(89)10-18-130-26-34-66-50(97)58(105)74(114-34)121-65-33(25-129-17-9-41(87)88)112-72(56(103)48(65)95)119-63-31(23-127-15-7-39(83)84)110-70(54(101)46(63)93)117-61-29(21-125-13-5-37(79)80)108-68(52(99)44(61)91)115-59-27(19-123-11-3-35(75)76)107-67(51(98)43(59)90)116-60-28(20-124-12-4-36(77)78)109-69(53(100)45(60)92)118-62-30(22-126-14-6-38(81)82)111-71(55(102)47(62)94)120-64-32(24-128-16-8-40(85)86)113-73(122-66)57(104)49(64)96/h27-34,43-74,90-105H,2-26H2,1H3,(H,75,76)(H,77,78)(H,79,80)(H,81,82)(H,83,84)(H,85,86)(H,87,88)/t27-,28-,29-,30-,31-,32-,33-,34-,43-,44-,45-,46-,47-,48-,49-,50-,51-,52-,53-,54-,55-,56-,57-,58-,59-,60-,61-,62-,63-,64-,65-,66-,67-,68-,69-,70-,71-,72-,73-,74-/m1/s1. The molecule has 40 atom stereocenters. The van der Waals surface area contributed by atoms with Gasteiger partial charge in [0.2, 0.25) is 0 Å². The lowest BCUT2D eigenvalue weighted by molar-refractivity contribution is -0.396. The van der Waals surface area contributed by atoms with Crippen LogP contribution in [0.2, 0.25) is 0 Å². The van der Waals surface area contributed by atoms with Gasteiger partial charge in [-0.2, -0.15) is 94.1 Å². The van der Waals surface area contributed by atoms with Crippen LogP contribution in [0.15, 0.2) is 0 Å². The summed E-state index contributed by atoms with van der Waals surface area (Å²) in [6.45, 7) is 1.57. The van der Waals surface area contributed by atoms with Crippen molar-refractivity contribution in [1.29, 1.82) is 0 Å². The second kappa shape index (κ2) is 54.2. The summed E-state index contributed by atoms with van der Waals surface area (Å²) in [6.07, 6.45) is -85.2. The quantitative estimate of drug-likeness (QED) is 0.0200. The Morgan fingerprint density at radius 1 is 0.200 bits per heavy atom. The van der Waals surface area contributed by atoms with E-state index in [1.54, 1.807) is 6.92 Å². The molecule has 0 amide bonds. The second-order valence-corrected chi connectivity index (χ2v) is 40.4. The number of hydrogen-bond donors (Lipinski definition) is 23. The van der Waals surface area contributed by atoms with Crippen LogP contribution in [-0.4, -0.2) is 510 Å². The lowest BCUT2D eigenvalue weighted by Gasteiger charge is -2.51. The van der Waals surface area contributed by atoms with E-state index in [0.29, 0.717) is 0 Å². The zero-order valence-corrected chi connectivity index (χ0v) is 76.1. The summed E-state index contributed by atoms with van der Waals surface area (Å²) in [5, 5.41) is 263. The van der Waals surface area contributed by atoms with Crippen LogP contribution in [0.5, 0.6) is 0 Å². The first kappa shape index (κ1) is 111. The molecule has 130 heavy (non-hydrogen) atoms. The number of thioether (sulfide) groups is 8. The molecule has 30 aliphatic rings. The second-order valence-electron chi connectivity index (χ2n) is 31.2. The van der Waals surface area contributed by atoms with Gasteiger partial charge in [-0.3, -0.25) is 38.4 Å². The van der Waals surface area contributed by atoms with Gasteiger partial charge in [-0.15, -0.1) is 0 Å². The zero-order chi connectivity index (χ0) is 95.1. The summed E-state index contributed by atoms with van der Waals surface area (Å²) in [5.41, 5.74) is 0. The number of esters is 1. The van der Waals surface area contributed by atoms with Crippen LogP contribution in [0.3, 0.4) is 0 Å². The first-order chi connectivity index (χ1) is 61.8. The average Bonchev–Trinajstić information content (AvgIpc) is 0.769. The van der Waals surface area contributed by atoms with E-state index in [2.05, 4.69) is 0 Å². The number of carboxylic acid groups (broad SMARTS) is 7. The van der Waals surface area contributed by atoms with Crippen molar-refractivity contribution in [3.05, 3.63) is 0 Å². The Morgan fingerprint density at radius 2 is 0.323 bits per heavy atom. The minimum absolute atomic E-state index is 0.00757. The molecule has 16 bridgehead atoms. The van der Waals surface area contributed by atoms with Gasteiger partial charge >= 0.3 is 47.8 Å². The number of carbonyl (C=O) groups is 8. The maximum absolute atomic E-state index is 12.6. The highest BCUT2D eigenvalue weighted by atomic mass is 32.2. The van der Waals surface area contributed by atoms with Crippen LogP contribution in [-0.2, 0) is 119 Å². The number of hydrogen-bond acceptors (Lipinski definition) is 49. The predicted octanol–water partition coefficient (Wildman–Crippen LogP) is -7.20. The summed E-state index contributed by atoms with van der Waals surface area (Å²) in [7, 11) is 0. The molecule has 30 heterocycles. The first-order valence-corrected chi connectivity index (χ1v) is 50.7. The summed E-state index contributed by atoms with van der Waals surface area (Å²) >= 11 is 7.20. The molecular formula is C74H116O48S8. The number of aliphatic hydroxyl groups is 16. The summed E-state index contributed by atoms with van der Waals surface area (Å²) in [6, 6.07) is 0.